The van der Waals surface area contributed by atoms with Crippen molar-refractivity contribution in [3.63, 3.8) is 0 Å². The minimum Gasteiger partial charge on any atom is -0.497 e. The van der Waals surface area contributed by atoms with Gasteiger partial charge in [-0.2, -0.15) is 0 Å². The molecule has 0 heterocycles. The third kappa shape index (κ3) is 4.89. The molecule has 0 aliphatic heterocycles. The second-order valence-electron chi connectivity index (χ2n) is 6.13. The van der Waals surface area contributed by atoms with Crippen molar-refractivity contribution in [2.24, 2.45) is 0 Å². The van der Waals surface area contributed by atoms with Crippen molar-refractivity contribution in [2.45, 2.75) is 39.8 Å². The summed E-state index contributed by atoms with van der Waals surface area (Å²) in [6, 6.07) is 11.2. The van der Waals surface area contributed by atoms with E-state index in [9.17, 15) is 4.79 Å². The van der Waals surface area contributed by atoms with E-state index in [1.165, 1.54) is 0 Å². The normalized spacial score (nSPS) is 13.0. The van der Waals surface area contributed by atoms with Crippen LogP contribution in [0.3, 0.4) is 0 Å². The van der Waals surface area contributed by atoms with Gasteiger partial charge in [0.1, 0.15) is 11.5 Å². The first kappa shape index (κ1) is 19.1. The first-order chi connectivity index (χ1) is 11.8. The summed E-state index contributed by atoms with van der Waals surface area (Å²) in [7, 11) is 1.62. The maximum absolute atomic E-state index is 12.4. The standard InChI is InChI=1S/C20H24ClNO3/c1-12-10-18(11-13(2)19(12)21)25-15(4)20(23)22-14(3)16-6-8-17(24-5)9-7-16/h6-11,14-15H,1-5H3,(H,22,23). The third-order valence-electron chi connectivity index (χ3n) is 4.07. The number of aryl methyl sites for hydroxylation is 2. The molecule has 0 bridgehead atoms. The highest BCUT2D eigenvalue weighted by atomic mass is 35.5. The lowest BCUT2D eigenvalue weighted by Gasteiger charge is -2.20. The second kappa shape index (κ2) is 8.26. The van der Waals surface area contributed by atoms with E-state index in [2.05, 4.69) is 5.32 Å². The Labute approximate surface area is 154 Å². The predicted octanol–water partition coefficient (Wildman–Crippen LogP) is 4.61. The van der Waals surface area contributed by atoms with Crippen LogP contribution < -0.4 is 14.8 Å². The van der Waals surface area contributed by atoms with Crippen molar-refractivity contribution in [3.05, 3.63) is 58.1 Å². The lowest BCUT2D eigenvalue weighted by molar-refractivity contribution is -0.127. The number of methoxy groups -OCH3 is 1. The number of carbonyl (C=O) groups excluding carboxylic acids is 1. The molecule has 25 heavy (non-hydrogen) atoms. The number of benzene rings is 2. The number of carbonyl (C=O) groups is 1. The van der Waals surface area contributed by atoms with Gasteiger partial charge in [-0.3, -0.25) is 4.79 Å². The fraction of sp³-hybridized carbons (Fsp3) is 0.350. The van der Waals surface area contributed by atoms with Crippen LogP contribution in [-0.4, -0.2) is 19.1 Å². The topological polar surface area (TPSA) is 47.6 Å². The summed E-state index contributed by atoms with van der Waals surface area (Å²) in [5.41, 5.74) is 2.85. The Hall–Kier alpha value is -2.20. The fourth-order valence-electron chi connectivity index (χ4n) is 2.54. The number of rotatable bonds is 6. The molecule has 0 aliphatic rings. The van der Waals surface area contributed by atoms with E-state index in [1.807, 2.05) is 57.2 Å². The highest BCUT2D eigenvalue weighted by molar-refractivity contribution is 6.32. The number of hydrogen-bond acceptors (Lipinski definition) is 3. The molecule has 5 heteroatoms. The molecule has 1 amide bonds. The molecular formula is C20H24ClNO3. The largest absolute Gasteiger partial charge is 0.497 e. The molecule has 2 aromatic rings. The molecule has 2 unspecified atom stereocenters. The number of halogens is 1. The number of ether oxygens (including phenoxy) is 2. The van der Waals surface area contributed by atoms with Crippen molar-refractivity contribution < 1.29 is 14.3 Å². The first-order valence-corrected chi connectivity index (χ1v) is 8.57. The van der Waals surface area contributed by atoms with Gasteiger partial charge in [0.2, 0.25) is 0 Å². The van der Waals surface area contributed by atoms with Gasteiger partial charge in [0.05, 0.1) is 13.2 Å². The van der Waals surface area contributed by atoms with Gasteiger partial charge in [-0.1, -0.05) is 23.7 Å². The summed E-state index contributed by atoms with van der Waals surface area (Å²) in [6.45, 7) is 7.50. The minimum absolute atomic E-state index is 0.127. The molecule has 0 saturated heterocycles. The van der Waals surface area contributed by atoms with Crippen LogP contribution in [0.4, 0.5) is 0 Å². The molecule has 4 nitrogen and oxygen atoms in total. The average Bonchev–Trinajstić information content (AvgIpc) is 2.59. The van der Waals surface area contributed by atoms with Crippen LogP contribution >= 0.6 is 11.6 Å². The number of nitrogens with one attached hydrogen (secondary N) is 1. The molecule has 134 valence electrons. The summed E-state index contributed by atoms with van der Waals surface area (Å²) in [5.74, 6) is 1.25. The van der Waals surface area contributed by atoms with Gasteiger partial charge >= 0.3 is 0 Å². The molecule has 1 N–H and O–H groups in total. The molecule has 0 aliphatic carbocycles. The van der Waals surface area contributed by atoms with E-state index in [-0.39, 0.29) is 11.9 Å². The third-order valence-corrected chi connectivity index (χ3v) is 4.66. The quantitative estimate of drug-likeness (QED) is 0.817. The summed E-state index contributed by atoms with van der Waals surface area (Å²) < 4.78 is 10.9. The van der Waals surface area contributed by atoms with Crippen molar-refractivity contribution >= 4 is 17.5 Å². The van der Waals surface area contributed by atoms with Crippen LogP contribution in [0.1, 0.15) is 36.6 Å². The first-order valence-electron chi connectivity index (χ1n) is 8.19. The van der Waals surface area contributed by atoms with Crippen LogP contribution in [0.25, 0.3) is 0 Å². The molecule has 0 saturated carbocycles. The van der Waals surface area contributed by atoms with Gasteiger partial charge in [-0.25, -0.2) is 0 Å². The molecule has 2 rings (SSSR count). The number of hydrogen-bond donors (Lipinski definition) is 1. The van der Waals surface area contributed by atoms with Crippen molar-refractivity contribution in [2.75, 3.05) is 7.11 Å². The summed E-state index contributed by atoms with van der Waals surface area (Å²) >= 11 is 6.16. The zero-order valence-corrected chi connectivity index (χ0v) is 16.0. The van der Waals surface area contributed by atoms with E-state index in [0.29, 0.717) is 5.75 Å². The molecular weight excluding hydrogens is 338 g/mol. The zero-order chi connectivity index (χ0) is 18.6. The predicted molar refractivity (Wildman–Crippen MR) is 101 cm³/mol. The molecule has 2 atom stereocenters. The Bertz CT molecular complexity index is 720. The molecule has 0 radical (unpaired) electrons. The van der Waals surface area contributed by atoms with Crippen LogP contribution in [0.15, 0.2) is 36.4 Å². The summed E-state index contributed by atoms with van der Waals surface area (Å²) in [5, 5.41) is 3.68. The Balaban J connectivity index is 1.99. The van der Waals surface area contributed by atoms with Crippen LogP contribution in [-0.2, 0) is 4.79 Å². The van der Waals surface area contributed by atoms with Crippen molar-refractivity contribution in [1.82, 2.24) is 5.32 Å². The molecule has 0 aromatic heterocycles. The Kier molecular flexibility index (Phi) is 6.32. The van der Waals surface area contributed by atoms with Crippen LogP contribution in [0.5, 0.6) is 11.5 Å². The minimum atomic E-state index is -0.610. The van der Waals surface area contributed by atoms with E-state index >= 15 is 0 Å². The SMILES string of the molecule is COc1ccc(C(C)NC(=O)C(C)Oc2cc(C)c(Cl)c(C)c2)cc1. The smallest absolute Gasteiger partial charge is 0.261 e. The van der Waals surface area contributed by atoms with Crippen LogP contribution in [0.2, 0.25) is 5.02 Å². The summed E-state index contributed by atoms with van der Waals surface area (Å²) in [6.07, 6.45) is -0.610. The van der Waals surface area contributed by atoms with E-state index in [0.717, 1.165) is 27.5 Å². The number of amides is 1. The van der Waals surface area contributed by atoms with Gasteiger partial charge in [-0.05, 0) is 68.7 Å². The van der Waals surface area contributed by atoms with E-state index in [4.69, 9.17) is 21.1 Å². The Morgan fingerprint density at radius 2 is 1.60 bits per heavy atom. The van der Waals surface area contributed by atoms with Crippen LogP contribution in [0, 0.1) is 13.8 Å². The molecule has 2 aromatic carbocycles. The van der Waals surface area contributed by atoms with Gasteiger partial charge in [0, 0.05) is 5.02 Å². The second-order valence-corrected chi connectivity index (χ2v) is 6.51. The molecule has 0 fully saturated rings. The van der Waals surface area contributed by atoms with Gasteiger partial charge in [0.25, 0.3) is 5.91 Å². The lowest BCUT2D eigenvalue weighted by Crippen LogP contribution is -2.37. The Morgan fingerprint density at radius 3 is 2.12 bits per heavy atom. The summed E-state index contributed by atoms with van der Waals surface area (Å²) in [4.78, 5) is 12.4. The van der Waals surface area contributed by atoms with Crippen molar-refractivity contribution in [1.29, 1.82) is 0 Å². The van der Waals surface area contributed by atoms with Gasteiger partial charge < -0.3 is 14.8 Å². The highest BCUT2D eigenvalue weighted by Gasteiger charge is 2.18. The maximum atomic E-state index is 12.4. The highest BCUT2D eigenvalue weighted by Crippen LogP contribution is 2.26. The maximum Gasteiger partial charge on any atom is 0.261 e. The van der Waals surface area contributed by atoms with E-state index < -0.39 is 6.10 Å². The Morgan fingerprint density at radius 1 is 1.04 bits per heavy atom. The van der Waals surface area contributed by atoms with Gasteiger partial charge in [-0.15, -0.1) is 0 Å². The fourth-order valence-corrected chi connectivity index (χ4v) is 2.65. The molecule has 0 spiro atoms. The monoisotopic (exact) mass is 361 g/mol. The van der Waals surface area contributed by atoms with E-state index in [1.54, 1.807) is 14.0 Å². The lowest BCUT2D eigenvalue weighted by atomic mass is 10.1. The van der Waals surface area contributed by atoms with Gasteiger partial charge in [0.15, 0.2) is 6.10 Å². The zero-order valence-electron chi connectivity index (χ0n) is 15.2. The average molecular weight is 362 g/mol. The van der Waals surface area contributed by atoms with Crippen molar-refractivity contribution in [3.8, 4) is 11.5 Å².